The van der Waals surface area contributed by atoms with Crippen molar-refractivity contribution < 1.29 is 9.66 Å². The Morgan fingerprint density at radius 2 is 2.05 bits per heavy atom. The minimum absolute atomic E-state index is 0.0177. The SMILES string of the molecule is COc1cc([N+](=O)[O-])ccc1NCc1cc(C)n(C)c1C. The summed E-state index contributed by atoms with van der Waals surface area (Å²) in [5, 5.41) is 14.0. The van der Waals surface area contributed by atoms with Gasteiger partial charge in [0.1, 0.15) is 5.75 Å². The lowest BCUT2D eigenvalue weighted by Crippen LogP contribution is -2.03. The van der Waals surface area contributed by atoms with E-state index in [2.05, 4.69) is 29.8 Å². The third kappa shape index (κ3) is 2.99. The molecule has 0 amide bonds. The van der Waals surface area contributed by atoms with Gasteiger partial charge in [-0.2, -0.15) is 0 Å². The second-order valence-electron chi connectivity index (χ2n) is 4.95. The summed E-state index contributed by atoms with van der Waals surface area (Å²) in [5.41, 5.74) is 4.34. The maximum absolute atomic E-state index is 10.8. The zero-order chi connectivity index (χ0) is 15.6. The van der Waals surface area contributed by atoms with Crippen molar-refractivity contribution in [2.45, 2.75) is 20.4 Å². The maximum Gasteiger partial charge on any atom is 0.273 e. The summed E-state index contributed by atoms with van der Waals surface area (Å²) in [5.74, 6) is 0.467. The molecule has 0 unspecified atom stereocenters. The van der Waals surface area contributed by atoms with Gasteiger partial charge in [0, 0.05) is 31.0 Å². The van der Waals surface area contributed by atoms with Crippen molar-refractivity contribution in [2.24, 2.45) is 7.05 Å². The summed E-state index contributed by atoms with van der Waals surface area (Å²) in [6.45, 7) is 4.77. The molecule has 6 heteroatoms. The number of rotatable bonds is 5. The number of benzene rings is 1. The van der Waals surface area contributed by atoms with Gasteiger partial charge in [0.15, 0.2) is 0 Å². The molecule has 0 aliphatic rings. The van der Waals surface area contributed by atoms with Crippen molar-refractivity contribution in [3.05, 3.63) is 51.3 Å². The summed E-state index contributed by atoms with van der Waals surface area (Å²) in [7, 11) is 3.53. The average Bonchev–Trinajstić information content (AvgIpc) is 2.72. The van der Waals surface area contributed by atoms with Gasteiger partial charge in [-0.3, -0.25) is 10.1 Å². The van der Waals surface area contributed by atoms with Crippen LogP contribution in [0.2, 0.25) is 0 Å². The molecule has 0 saturated heterocycles. The molecule has 21 heavy (non-hydrogen) atoms. The lowest BCUT2D eigenvalue weighted by atomic mass is 10.2. The summed E-state index contributed by atoms with van der Waals surface area (Å²) >= 11 is 0. The second kappa shape index (κ2) is 5.87. The summed E-state index contributed by atoms with van der Waals surface area (Å²) in [6, 6.07) is 6.68. The molecule has 0 fully saturated rings. The number of aromatic nitrogens is 1. The Labute approximate surface area is 123 Å². The Kier molecular flexibility index (Phi) is 4.16. The number of nitro groups is 1. The second-order valence-corrected chi connectivity index (χ2v) is 4.95. The number of methoxy groups -OCH3 is 1. The molecule has 112 valence electrons. The highest BCUT2D eigenvalue weighted by Gasteiger charge is 2.12. The number of non-ortho nitro benzene ring substituents is 1. The van der Waals surface area contributed by atoms with Gasteiger partial charge in [0.05, 0.1) is 23.8 Å². The Morgan fingerprint density at radius 1 is 1.33 bits per heavy atom. The van der Waals surface area contributed by atoms with Gasteiger partial charge < -0.3 is 14.6 Å². The molecule has 0 aliphatic carbocycles. The monoisotopic (exact) mass is 289 g/mol. The van der Waals surface area contributed by atoms with Crippen LogP contribution in [-0.4, -0.2) is 16.6 Å². The van der Waals surface area contributed by atoms with Crippen LogP contribution in [0.5, 0.6) is 5.75 Å². The van der Waals surface area contributed by atoms with E-state index in [0.29, 0.717) is 12.3 Å². The molecule has 0 radical (unpaired) electrons. The summed E-state index contributed by atoms with van der Waals surface area (Å²) in [6.07, 6.45) is 0. The fraction of sp³-hybridized carbons (Fsp3) is 0.333. The number of hydrogen-bond acceptors (Lipinski definition) is 4. The molecule has 0 bridgehead atoms. The first-order valence-corrected chi connectivity index (χ1v) is 6.62. The largest absolute Gasteiger partial charge is 0.494 e. The molecule has 2 rings (SSSR count). The smallest absolute Gasteiger partial charge is 0.273 e. The predicted molar refractivity (Wildman–Crippen MR) is 81.9 cm³/mol. The van der Waals surface area contributed by atoms with Crippen LogP contribution in [0.4, 0.5) is 11.4 Å². The minimum atomic E-state index is -0.434. The fourth-order valence-electron chi connectivity index (χ4n) is 2.24. The van der Waals surface area contributed by atoms with E-state index in [1.807, 2.05) is 7.05 Å². The molecular weight excluding hydrogens is 270 g/mol. The Balaban J connectivity index is 2.19. The van der Waals surface area contributed by atoms with E-state index in [4.69, 9.17) is 4.74 Å². The van der Waals surface area contributed by atoms with E-state index in [-0.39, 0.29) is 5.69 Å². The Bertz CT molecular complexity index is 677. The first-order chi connectivity index (χ1) is 9.93. The summed E-state index contributed by atoms with van der Waals surface area (Å²) in [4.78, 5) is 10.3. The highest BCUT2D eigenvalue weighted by molar-refractivity contribution is 5.61. The molecule has 1 heterocycles. The molecule has 1 aromatic carbocycles. The van der Waals surface area contributed by atoms with Gasteiger partial charge in [-0.15, -0.1) is 0 Å². The van der Waals surface area contributed by atoms with E-state index in [1.165, 1.54) is 36.2 Å². The van der Waals surface area contributed by atoms with E-state index < -0.39 is 4.92 Å². The number of nitro benzene ring substituents is 1. The lowest BCUT2D eigenvalue weighted by molar-refractivity contribution is -0.384. The molecule has 6 nitrogen and oxygen atoms in total. The van der Waals surface area contributed by atoms with E-state index in [1.54, 1.807) is 6.07 Å². The van der Waals surface area contributed by atoms with Crippen molar-refractivity contribution in [3.63, 3.8) is 0 Å². The van der Waals surface area contributed by atoms with Crippen LogP contribution in [0.1, 0.15) is 17.0 Å². The van der Waals surface area contributed by atoms with Gasteiger partial charge >= 0.3 is 0 Å². The minimum Gasteiger partial charge on any atom is -0.494 e. The Hall–Kier alpha value is -2.50. The van der Waals surface area contributed by atoms with Crippen LogP contribution in [0.3, 0.4) is 0 Å². The van der Waals surface area contributed by atoms with Gasteiger partial charge in [0.25, 0.3) is 5.69 Å². The third-order valence-electron chi connectivity index (χ3n) is 3.75. The number of nitrogens with zero attached hydrogens (tertiary/aromatic N) is 2. The topological polar surface area (TPSA) is 69.3 Å². The Morgan fingerprint density at radius 3 is 2.57 bits per heavy atom. The van der Waals surface area contributed by atoms with E-state index in [9.17, 15) is 10.1 Å². The number of aryl methyl sites for hydroxylation is 1. The zero-order valence-corrected chi connectivity index (χ0v) is 12.6. The molecular formula is C15H19N3O3. The van der Waals surface area contributed by atoms with Crippen LogP contribution in [0, 0.1) is 24.0 Å². The third-order valence-corrected chi connectivity index (χ3v) is 3.75. The van der Waals surface area contributed by atoms with Gasteiger partial charge in [-0.05, 0) is 31.5 Å². The van der Waals surface area contributed by atoms with Gasteiger partial charge in [-0.1, -0.05) is 0 Å². The van der Waals surface area contributed by atoms with Crippen LogP contribution >= 0.6 is 0 Å². The maximum atomic E-state index is 10.8. The van der Waals surface area contributed by atoms with Crippen LogP contribution in [-0.2, 0) is 13.6 Å². The van der Waals surface area contributed by atoms with Gasteiger partial charge in [0.2, 0.25) is 0 Å². The van der Waals surface area contributed by atoms with Crippen LogP contribution in [0.25, 0.3) is 0 Å². The molecule has 2 aromatic rings. The molecule has 0 atom stereocenters. The predicted octanol–water partition coefficient (Wildman–Crippen LogP) is 3.17. The molecule has 1 N–H and O–H groups in total. The number of nitrogens with one attached hydrogen (secondary N) is 1. The van der Waals surface area contributed by atoms with Crippen molar-refractivity contribution in [1.29, 1.82) is 0 Å². The number of ether oxygens (including phenoxy) is 1. The van der Waals surface area contributed by atoms with Crippen molar-refractivity contribution in [3.8, 4) is 5.75 Å². The van der Waals surface area contributed by atoms with Crippen LogP contribution < -0.4 is 10.1 Å². The summed E-state index contributed by atoms with van der Waals surface area (Å²) < 4.78 is 7.34. The van der Waals surface area contributed by atoms with E-state index >= 15 is 0 Å². The van der Waals surface area contributed by atoms with Crippen molar-refractivity contribution in [2.75, 3.05) is 12.4 Å². The highest BCUT2D eigenvalue weighted by atomic mass is 16.6. The average molecular weight is 289 g/mol. The lowest BCUT2D eigenvalue weighted by Gasteiger charge is -2.11. The first kappa shape index (κ1) is 14.9. The normalized spacial score (nSPS) is 10.5. The van der Waals surface area contributed by atoms with Crippen molar-refractivity contribution >= 4 is 11.4 Å². The first-order valence-electron chi connectivity index (χ1n) is 6.62. The van der Waals surface area contributed by atoms with Crippen LogP contribution in [0.15, 0.2) is 24.3 Å². The molecule has 0 saturated carbocycles. The zero-order valence-electron chi connectivity index (χ0n) is 12.6. The fourth-order valence-corrected chi connectivity index (χ4v) is 2.24. The highest BCUT2D eigenvalue weighted by Crippen LogP contribution is 2.29. The molecule has 0 spiro atoms. The van der Waals surface area contributed by atoms with Gasteiger partial charge in [-0.25, -0.2) is 0 Å². The molecule has 0 aliphatic heterocycles. The number of hydrogen-bond donors (Lipinski definition) is 1. The van der Waals surface area contributed by atoms with Crippen molar-refractivity contribution in [1.82, 2.24) is 4.57 Å². The van der Waals surface area contributed by atoms with E-state index in [0.717, 1.165) is 5.69 Å². The quantitative estimate of drug-likeness (QED) is 0.678. The standard InChI is InChI=1S/C15H19N3O3/c1-10-7-12(11(2)17(10)3)9-16-14-6-5-13(18(19)20)8-15(14)21-4/h5-8,16H,9H2,1-4H3. The molecule has 1 aromatic heterocycles. The number of anilines is 1.